The first kappa shape index (κ1) is 15.1. The highest BCUT2D eigenvalue weighted by molar-refractivity contribution is 6.30. The first-order valence-electron chi connectivity index (χ1n) is 7.43. The van der Waals surface area contributed by atoms with E-state index in [1.54, 1.807) is 12.1 Å². The highest BCUT2D eigenvalue weighted by Crippen LogP contribution is 2.25. The van der Waals surface area contributed by atoms with E-state index in [0.717, 1.165) is 31.2 Å². The molecule has 1 aromatic heterocycles. The number of aromatic nitrogens is 2. The van der Waals surface area contributed by atoms with Crippen molar-refractivity contribution < 1.29 is 9.90 Å². The first-order chi connectivity index (χ1) is 10.6. The van der Waals surface area contributed by atoms with E-state index >= 15 is 0 Å². The third-order valence-electron chi connectivity index (χ3n) is 4.04. The Balaban J connectivity index is 1.80. The molecule has 5 nitrogen and oxygen atoms in total. The van der Waals surface area contributed by atoms with E-state index in [9.17, 15) is 9.90 Å². The average molecular weight is 320 g/mol. The average Bonchev–Trinajstić information content (AvgIpc) is 2.99. The van der Waals surface area contributed by atoms with Gasteiger partial charge in [0, 0.05) is 10.6 Å². The number of carbonyl (C=O) groups is 1. The number of carbonyl (C=O) groups excluding carboxylic acids is 1. The summed E-state index contributed by atoms with van der Waals surface area (Å²) in [6, 6.07) is 7.06. The van der Waals surface area contributed by atoms with E-state index in [1.807, 2.05) is 12.1 Å². The first-order valence-corrected chi connectivity index (χ1v) is 7.81. The fraction of sp³-hybridized carbons (Fsp3) is 0.375. The smallest absolute Gasteiger partial charge is 0.255 e. The van der Waals surface area contributed by atoms with Crippen LogP contribution in [-0.4, -0.2) is 33.4 Å². The summed E-state index contributed by atoms with van der Waals surface area (Å²) in [4.78, 5) is 12.5. The van der Waals surface area contributed by atoms with Gasteiger partial charge in [-0.1, -0.05) is 36.6 Å². The van der Waals surface area contributed by atoms with Gasteiger partial charge in [-0.3, -0.25) is 9.89 Å². The third kappa shape index (κ3) is 3.15. The molecule has 1 heterocycles. The number of amides is 1. The summed E-state index contributed by atoms with van der Waals surface area (Å²) < 4.78 is 0. The summed E-state index contributed by atoms with van der Waals surface area (Å²) >= 11 is 6.00. The molecular weight excluding hydrogens is 302 g/mol. The maximum Gasteiger partial charge on any atom is 0.255 e. The molecule has 2 aromatic rings. The van der Waals surface area contributed by atoms with Gasteiger partial charge in [0.05, 0.1) is 29.6 Å². The zero-order valence-corrected chi connectivity index (χ0v) is 12.8. The molecule has 22 heavy (non-hydrogen) atoms. The Hall–Kier alpha value is -1.85. The maximum atomic E-state index is 12.5. The molecule has 3 N–H and O–H groups in total. The minimum atomic E-state index is -0.473. The predicted octanol–water partition coefficient (Wildman–Crippen LogP) is 2.76. The van der Waals surface area contributed by atoms with Crippen molar-refractivity contribution in [2.75, 3.05) is 0 Å². The molecule has 0 saturated heterocycles. The lowest BCUT2D eigenvalue weighted by Crippen LogP contribution is -2.45. The molecule has 1 saturated carbocycles. The number of benzene rings is 1. The second-order valence-corrected chi connectivity index (χ2v) is 6.04. The van der Waals surface area contributed by atoms with Gasteiger partial charge in [0.25, 0.3) is 5.91 Å². The minimum absolute atomic E-state index is 0.191. The molecule has 0 spiro atoms. The Morgan fingerprint density at radius 1 is 1.36 bits per heavy atom. The lowest BCUT2D eigenvalue weighted by molar-refractivity contribution is 0.0718. The number of rotatable bonds is 3. The van der Waals surface area contributed by atoms with E-state index in [0.29, 0.717) is 16.3 Å². The molecule has 1 aromatic carbocycles. The number of H-pyrrole nitrogens is 1. The number of aliphatic hydroxyl groups is 1. The molecule has 116 valence electrons. The maximum absolute atomic E-state index is 12.5. The summed E-state index contributed by atoms with van der Waals surface area (Å²) in [5.74, 6) is -0.227. The Morgan fingerprint density at radius 3 is 2.95 bits per heavy atom. The molecule has 0 bridgehead atoms. The molecule has 3 rings (SSSR count). The number of hydrogen-bond acceptors (Lipinski definition) is 3. The Bertz CT molecular complexity index is 671. The van der Waals surface area contributed by atoms with Gasteiger partial charge in [0.1, 0.15) is 0 Å². The van der Waals surface area contributed by atoms with Crippen molar-refractivity contribution in [3.63, 3.8) is 0 Å². The normalized spacial score (nSPS) is 21.5. The summed E-state index contributed by atoms with van der Waals surface area (Å²) in [5.41, 5.74) is 1.89. The quantitative estimate of drug-likeness (QED) is 0.814. The van der Waals surface area contributed by atoms with Gasteiger partial charge >= 0.3 is 0 Å². The minimum Gasteiger partial charge on any atom is -0.391 e. The van der Waals surface area contributed by atoms with Crippen molar-refractivity contribution in [3.8, 4) is 11.3 Å². The molecule has 1 aliphatic rings. The molecule has 1 fully saturated rings. The zero-order valence-electron chi connectivity index (χ0n) is 12.1. The van der Waals surface area contributed by atoms with Crippen molar-refractivity contribution in [2.45, 2.75) is 37.8 Å². The summed E-state index contributed by atoms with van der Waals surface area (Å²) in [6.45, 7) is 0. The van der Waals surface area contributed by atoms with Crippen molar-refractivity contribution in [1.82, 2.24) is 15.5 Å². The zero-order chi connectivity index (χ0) is 15.5. The number of halogens is 1. The van der Waals surface area contributed by atoms with Gasteiger partial charge in [-0.05, 0) is 25.0 Å². The van der Waals surface area contributed by atoms with Crippen LogP contribution in [0.1, 0.15) is 36.0 Å². The van der Waals surface area contributed by atoms with Crippen LogP contribution < -0.4 is 5.32 Å². The van der Waals surface area contributed by atoms with Crippen LogP contribution in [0.2, 0.25) is 5.02 Å². The fourth-order valence-electron chi connectivity index (χ4n) is 2.85. The molecule has 1 aliphatic carbocycles. The van der Waals surface area contributed by atoms with Crippen LogP contribution in [0.15, 0.2) is 30.5 Å². The second kappa shape index (κ2) is 6.50. The van der Waals surface area contributed by atoms with Crippen LogP contribution in [0.4, 0.5) is 0 Å². The molecule has 2 unspecified atom stereocenters. The van der Waals surface area contributed by atoms with Crippen LogP contribution in [-0.2, 0) is 0 Å². The Labute approximate surface area is 133 Å². The molecule has 6 heteroatoms. The molecule has 1 amide bonds. The van der Waals surface area contributed by atoms with Crippen molar-refractivity contribution in [1.29, 1.82) is 0 Å². The molecule has 2 atom stereocenters. The number of nitrogens with zero attached hydrogens (tertiary/aromatic N) is 1. The topological polar surface area (TPSA) is 78.0 Å². The van der Waals surface area contributed by atoms with Gasteiger partial charge in [-0.2, -0.15) is 5.10 Å². The van der Waals surface area contributed by atoms with Crippen LogP contribution in [0.3, 0.4) is 0 Å². The standard InChI is InChI=1S/C16H18ClN3O2/c17-11-5-3-4-10(8-11)15-12(9-18-20-15)16(22)19-13-6-1-2-7-14(13)21/h3-5,8-9,13-14,21H,1-2,6-7H2,(H,18,20)(H,19,22). The van der Waals surface area contributed by atoms with Crippen molar-refractivity contribution in [2.24, 2.45) is 0 Å². The Kier molecular flexibility index (Phi) is 4.45. The van der Waals surface area contributed by atoms with Crippen LogP contribution in [0.25, 0.3) is 11.3 Å². The van der Waals surface area contributed by atoms with Crippen LogP contribution in [0.5, 0.6) is 0 Å². The van der Waals surface area contributed by atoms with Gasteiger partial charge in [-0.15, -0.1) is 0 Å². The largest absolute Gasteiger partial charge is 0.391 e. The van der Waals surface area contributed by atoms with E-state index in [2.05, 4.69) is 15.5 Å². The van der Waals surface area contributed by atoms with E-state index in [-0.39, 0.29) is 11.9 Å². The van der Waals surface area contributed by atoms with E-state index < -0.39 is 6.10 Å². The number of aliphatic hydroxyl groups excluding tert-OH is 1. The second-order valence-electron chi connectivity index (χ2n) is 5.60. The SMILES string of the molecule is O=C(NC1CCCCC1O)c1cn[nH]c1-c1cccc(Cl)c1. The van der Waals surface area contributed by atoms with Crippen molar-refractivity contribution >= 4 is 17.5 Å². The summed E-state index contributed by atoms with van der Waals surface area (Å²) in [6.07, 6.45) is 4.59. The lowest BCUT2D eigenvalue weighted by atomic mass is 9.92. The Morgan fingerprint density at radius 2 is 2.18 bits per heavy atom. The summed E-state index contributed by atoms with van der Waals surface area (Å²) in [7, 11) is 0. The van der Waals surface area contributed by atoms with Crippen molar-refractivity contribution in [3.05, 3.63) is 41.0 Å². The molecular formula is C16H18ClN3O2. The fourth-order valence-corrected chi connectivity index (χ4v) is 3.04. The number of nitrogens with one attached hydrogen (secondary N) is 2. The summed E-state index contributed by atoms with van der Waals surface area (Å²) in [5, 5.41) is 20.3. The lowest BCUT2D eigenvalue weighted by Gasteiger charge is -2.28. The van der Waals surface area contributed by atoms with Gasteiger partial charge in [0.15, 0.2) is 0 Å². The third-order valence-corrected chi connectivity index (χ3v) is 4.28. The van der Waals surface area contributed by atoms with Gasteiger partial charge in [-0.25, -0.2) is 0 Å². The van der Waals surface area contributed by atoms with Gasteiger partial charge in [0.2, 0.25) is 0 Å². The highest BCUT2D eigenvalue weighted by atomic mass is 35.5. The monoisotopic (exact) mass is 319 g/mol. The van der Waals surface area contributed by atoms with Crippen LogP contribution >= 0.6 is 11.6 Å². The van der Waals surface area contributed by atoms with E-state index in [4.69, 9.17) is 11.6 Å². The predicted molar refractivity (Wildman–Crippen MR) is 84.8 cm³/mol. The molecule has 0 aliphatic heterocycles. The molecule has 0 radical (unpaired) electrons. The number of hydrogen-bond donors (Lipinski definition) is 3. The van der Waals surface area contributed by atoms with E-state index in [1.165, 1.54) is 6.20 Å². The van der Waals surface area contributed by atoms with Crippen LogP contribution in [0, 0.1) is 0 Å². The van der Waals surface area contributed by atoms with Gasteiger partial charge < -0.3 is 10.4 Å². The number of aromatic amines is 1. The highest BCUT2D eigenvalue weighted by Gasteiger charge is 2.26.